The fourth-order valence-corrected chi connectivity index (χ4v) is 2.28. The first-order valence-corrected chi connectivity index (χ1v) is 7.56. The van der Waals surface area contributed by atoms with Crippen LogP contribution in [0.5, 0.6) is 0 Å². The van der Waals surface area contributed by atoms with Gasteiger partial charge in [0.15, 0.2) is 5.69 Å². The van der Waals surface area contributed by atoms with Crippen LogP contribution in [-0.4, -0.2) is 27.4 Å². The fraction of sp³-hybridized carbons (Fsp3) is 0.412. The Balaban J connectivity index is 2.34. The lowest BCUT2D eigenvalue weighted by atomic mass is 10.1. The first-order valence-electron chi connectivity index (χ1n) is 7.56. The molecule has 0 fully saturated rings. The molecule has 2 rings (SSSR count). The Hall–Kier alpha value is -2.31. The average Bonchev–Trinajstić information content (AvgIpc) is 2.93. The fourth-order valence-electron chi connectivity index (χ4n) is 2.28. The van der Waals surface area contributed by atoms with Gasteiger partial charge in [-0.1, -0.05) is 24.3 Å². The van der Waals surface area contributed by atoms with E-state index < -0.39 is 11.9 Å². The summed E-state index contributed by atoms with van der Waals surface area (Å²) in [5.74, 6) is 0.230. The number of hydrogen-bond acceptors (Lipinski definition) is 2. The van der Waals surface area contributed by atoms with Gasteiger partial charge in [0.2, 0.25) is 5.91 Å². The topological polar surface area (TPSA) is 38.1 Å². The van der Waals surface area contributed by atoms with E-state index in [1.807, 2.05) is 13.8 Å². The van der Waals surface area contributed by atoms with Crippen molar-refractivity contribution in [3.63, 3.8) is 0 Å². The summed E-state index contributed by atoms with van der Waals surface area (Å²) in [7, 11) is 1.69. The molecule has 0 aliphatic carbocycles. The molecule has 24 heavy (non-hydrogen) atoms. The van der Waals surface area contributed by atoms with Crippen molar-refractivity contribution in [1.82, 2.24) is 14.5 Å². The van der Waals surface area contributed by atoms with E-state index in [1.54, 1.807) is 36.2 Å². The second-order valence-corrected chi connectivity index (χ2v) is 6.02. The van der Waals surface area contributed by atoms with Gasteiger partial charge in [-0.15, -0.1) is 0 Å². The number of carbonyl (C=O) groups is 1. The van der Waals surface area contributed by atoms with E-state index in [9.17, 15) is 18.0 Å². The molecule has 4 nitrogen and oxygen atoms in total. The van der Waals surface area contributed by atoms with Gasteiger partial charge in [0.1, 0.15) is 5.82 Å². The van der Waals surface area contributed by atoms with Crippen LogP contribution in [0.2, 0.25) is 0 Å². The SMILES string of the molecule is CC(=O)N(C)Cc1ccc(-c2nc(C(F)(F)F)cn2C(C)C)cc1. The average molecular weight is 339 g/mol. The van der Waals surface area contributed by atoms with Gasteiger partial charge in [-0.05, 0) is 19.4 Å². The van der Waals surface area contributed by atoms with E-state index in [2.05, 4.69) is 4.98 Å². The molecule has 0 saturated heterocycles. The maximum absolute atomic E-state index is 12.9. The van der Waals surface area contributed by atoms with Gasteiger partial charge in [0.25, 0.3) is 0 Å². The predicted octanol–water partition coefficient (Wildman–Crippen LogP) is 4.13. The molecule has 1 heterocycles. The third-order valence-electron chi connectivity index (χ3n) is 3.75. The molecule has 1 amide bonds. The Bertz CT molecular complexity index is 718. The second kappa shape index (κ2) is 6.67. The summed E-state index contributed by atoms with van der Waals surface area (Å²) in [6.07, 6.45) is -3.43. The Morgan fingerprint density at radius 1 is 1.25 bits per heavy atom. The van der Waals surface area contributed by atoms with Crippen LogP contribution in [0.15, 0.2) is 30.5 Å². The molecular formula is C17H20F3N3O. The molecule has 0 saturated carbocycles. The van der Waals surface area contributed by atoms with Crippen molar-refractivity contribution in [1.29, 1.82) is 0 Å². The Kier molecular flexibility index (Phi) is 5.01. The Labute approximate surface area is 138 Å². The highest BCUT2D eigenvalue weighted by molar-refractivity contribution is 5.72. The van der Waals surface area contributed by atoms with E-state index >= 15 is 0 Å². The van der Waals surface area contributed by atoms with Gasteiger partial charge >= 0.3 is 6.18 Å². The number of amides is 1. The van der Waals surface area contributed by atoms with Crippen molar-refractivity contribution in [3.8, 4) is 11.4 Å². The smallest absolute Gasteiger partial charge is 0.342 e. The van der Waals surface area contributed by atoms with Crippen molar-refractivity contribution >= 4 is 5.91 Å². The van der Waals surface area contributed by atoms with E-state index in [-0.39, 0.29) is 17.8 Å². The number of carbonyl (C=O) groups excluding carboxylic acids is 1. The van der Waals surface area contributed by atoms with Crippen molar-refractivity contribution in [3.05, 3.63) is 41.7 Å². The number of halogens is 3. The molecule has 0 aliphatic heterocycles. The molecule has 0 spiro atoms. The second-order valence-electron chi connectivity index (χ2n) is 6.02. The largest absolute Gasteiger partial charge is 0.434 e. The van der Waals surface area contributed by atoms with E-state index in [0.29, 0.717) is 12.1 Å². The highest BCUT2D eigenvalue weighted by atomic mass is 19.4. The number of benzene rings is 1. The summed E-state index contributed by atoms with van der Waals surface area (Å²) in [6, 6.07) is 6.89. The van der Waals surface area contributed by atoms with E-state index in [0.717, 1.165) is 11.8 Å². The number of rotatable bonds is 4. The van der Waals surface area contributed by atoms with Crippen LogP contribution < -0.4 is 0 Å². The van der Waals surface area contributed by atoms with Gasteiger partial charge < -0.3 is 9.47 Å². The molecule has 7 heteroatoms. The van der Waals surface area contributed by atoms with Crippen LogP contribution in [0.1, 0.15) is 38.1 Å². The molecule has 1 aromatic carbocycles. The molecule has 0 atom stereocenters. The minimum atomic E-state index is -4.47. The van der Waals surface area contributed by atoms with Crippen molar-refractivity contribution in [2.45, 2.75) is 39.5 Å². The zero-order chi connectivity index (χ0) is 18.1. The number of aromatic nitrogens is 2. The summed E-state index contributed by atoms with van der Waals surface area (Å²) in [6.45, 7) is 5.54. The highest BCUT2D eigenvalue weighted by Crippen LogP contribution is 2.32. The van der Waals surface area contributed by atoms with Crippen LogP contribution in [-0.2, 0) is 17.5 Å². The first kappa shape index (κ1) is 18.0. The number of alkyl halides is 3. The van der Waals surface area contributed by atoms with Crippen molar-refractivity contribution < 1.29 is 18.0 Å². The van der Waals surface area contributed by atoms with Gasteiger partial charge in [0.05, 0.1) is 0 Å². The third kappa shape index (κ3) is 3.96. The minimum Gasteiger partial charge on any atom is -0.342 e. The van der Waals surface area contributed by atoms with Crippen LogP contribution in [0.4, 0.5) is 13.2 Å². The number of nitrogens with zero attached hydrogens (tertiary/aromatic N) is 3. The summed E-state index contributed by atoms with van der Waals surface area (Å²) < 4.78 is 40.3. The third-order valence-corrected chi connectivity index (χ3v) is 3.75. The van der Waals surface area contributed by atoms with Crippen molar-refractivity contribution in [2.75, 3.05) is 7.05 Å². The summed E-state index contributed by atoms with van der Waals surface area (Å²) in [4.78, 5) is 16.6. The van der Waals surface area contributed by atoms with Crippen LogP contribution in [0.3, 0.4) is 0 Å². The lowest BCUT2D eigenvalue weighted by molar-refractivity contribution is -0.141. The van der Waals surface area contributed by atoms with Crippen LogP contribution >= 0.6 is 0 Å². The summed E-state index contributed by atoms with van der Waals surface area (Å²) in [5.41, 5.74) is 0.607. The molecule has 0 aliphatic rings. The molecule has 0 unspecified atom stereocenters. The maximum atomic E-state index is 12.9. The Morgan fingerprint density at radius 2 is 1.83 bits per heavy atom. The number of imidazole rings is 1. The standard InChI is InChI=1S/C17H20F3N3O/c1-11(2)23-10-15(17(18,19)20)21-16(23)14-7-5-13(6-8-14)9-22(4)12(3)24/h5-8,10-11H,9H2,1-4H3. The van der Waals surface area contributed by atoms with E-state index in [4.69, 9.17) is 0 Å². The molecule has 0 bridgehead atoms. The minimum absolute atomic E-state index is 0.0516. The molecular weight excluding hydrogens is 319 g/mol. The van der Waals surface area contributed by atoms with Gasteiger partial charge in [-0.3, -0.25) is 4.79 Å². The molecule has 0 N–H and O–H groups in total. The highest BCUT2D eigenvalue weighted by Gasteiger charge is 2.35. The summed E-state index contributed by atoms with van der Waals surface area (Å²) in [5, 5.41) is 0. The van der Waals surface area contributed by atoms with Gasteiger partial charge in [-0.2, -0.15) is 13.2 Å². The zero-order valence-electron chi connectivity index (χ0n) is 14.1. The van der Waals surface area contributed by atoms with Gasteiger partial charge in [-0.25, -0.2) is 4.98 Å². The molecule has 130 valence electrons. The Morgan fingerprint density at radius 3 is 2.29 bits per heavy atom. The predicted molar refractivity (Wildman–Crippen MR) is 85.2 cm³/mol. The molecule has 2 aromatic rings. The lowest BCUT2D eigenvalue weighted by Crippen LogP contribution is -2.22. The van der Waals surface area contributed by atoms with Crippen LogP contribution in [0.25, 0.3) is 11.4 Å². The summed E-state index contributed by atoms with van der Waals surface area (Å²) >= 11 is 0. The monoisotopic (exact) mass is 339 g/mol. The van der Waals surface area contributed by atoms with Crippen LogP contribution in [0, 0.1) is 0 Å². The zero-order valence-corrected chi connectivity index (χ0v) is 14.1. The van der Waals surface area contributed by atoms with Gasteiger partial charge in [0, 0.05) is 38.3 Å². The molecule has 1 aromatic heterocycles. The van der Waals surface area contributed by atoms with E-state index in [1.165, 1.54) is 11.5 Å². The normalized spacial score (nSPS) is 11.8. The quantitative estimate of drug-likeness (QED) is 0.840. The maximum Gasteiger partial charge on any atom is 0.434 e. The number of hydrogen-bond donors (Lipinski definition) is 0. The first-order chi connectivity index (χ1) is 11.1. The lowest BCUT2D eigenvalue weighted by Gasteiger charge is -2.15. The van der Waals surface area contributed by atoms with Crippen molar-refractivity contribution in [2.24, 2.45) is 0 Å². The molecule has 0 radical (unpaired) electrons.